The summed E-state index contributed by atoms with van der Waals surface area (Å²) in [5.41, 5.74) is 5.16. The number of benzene rings is 2. The summed E-state index contributed by atoms with van der Waals surface area (Å²) in [5.74, 6) is 0. The molecule has 5 nitrogen and oxygen atoms in total. The Hall–Kier alpha value is -2.17. The molecule has 0 aliphatic carbocycles. The first kappa shape index (κ1) is 25.5. The molecule has 0 spiro atoms. The maximum atomic E-state index is 12.1. The second-order valence-electron chi connectivity index (χ2n) is 7.34. The molecule has 0 aromatic heterocycles. The number of allylic oxidation sites excluding steroid dienone is 3. The predicted octanol–water partition coefficient (Wildman–Crippen LogP) is 6.54. The normalized spacial score (nSPS) is 15.7. The molecule has 33 heavy (non-hydrogen) atoms. The van der Waals surface area contributed by atoms with Gasteiger partial charge in [-0.05, 0) is 66.7 Å². The molecule has 1 N–H and O–H groups in total. The van der Waals surface area contributed by atoms with Crippen molar-refractivity contribution >= 4 is 50.7 Å². The van der Waals surface area contributed by atoms with Crippen LogP contribution in [-0.4, -0.2) is 25.8 Å². The van der Waals surface area contributed by atoms with Gasteiger partial charge >= 0.3 is 0 Å². The highest BCUT2D eigenvalue weighted by Gasteiger charge is 2.30. The first-order valence-corrected chi connectivity index (χ1v) is 13.3. The number of nitrogens with zero attached hydrogens (tertiary/aromatic N) is 2. The molecule has 9 heteroatoms. The number of nitrogens with one attached hydrogen (secondary N) is 1. The van der Waals surface area contributed by atoms with Crippen molar-refractivity contribution in [2.75, 3.05) is 18.4 Å². The fraction of sp³-hybridized carbons (Fsp3) is 0.250. The highest BCUT2D eigenvalue weighted by Crippen LogP contribution is 2.33. The van der Waals surface area contributed by atoms with Gasteiger partial charge in [0.1, 0.15) is 6.07 Å². The van der Waals surface area contributed by atoms with Gasteiger partial charge in [-0.1, -0.05) is 58.9 Å². The SMILES string of the molecule is CC1=CC=C=C(S(=O)(=O)N2CCCC2)S1.N#Cc1ccc(NCc2ccccc2Cl)cc1Cl. The van der Waals surface area contributed by atoms with Crippen LogP contribution in [-0.2, 0) is 16.6 Å². The number of hydrogen-bond donors (Lipinski definition) is 1. The maximum Gasteiger partial charge on any atom is 0.256 e. The zero-order valence-electron chi connectivity index (χ0n) is 18.0. The van der Waals surface area contributed by atoms with Gasteiger partial charge in [-0.2, -0.15) is 9.57 Å². The lowest BCUT2D eigenvalue weighted by atomic mass is 10.2. The molecule has 2 aliphatic rings. The maximum absolute atomic E-state index is 12.1. The van der Waals surface area contributed by atoms with Crippen LogP contribution in [0.3, 0.4) is 0 Å². The molecular formula is C24H23Cl2N3O2S2. The minimum absolute atomic E-state index is 0.337. The highest BCUT2D eigenvalue weighted by molar-refractivity contribution is 8.20. The van der Waals surface area contributed by atoms with Gasteiger partial charge in [0.05, 0.1) is 10.6 Å². The monoisotopic (exact) mass is 519 g/mol. The van der Waals surface area contributed by atoms with Crippen LogP contribution in [0.2, 0.25) is 10.0 Å². The minimum Gasteiger partial charge on any atom is -0.381 e. The van der Waals surface area contributed by atoms with Crippen molar-refractivity contribution in [3.63, 3.8) is 0 Å². The summed E-state index contributed by atoms with van der Waals surface area (Å²) in [5, 5.41) is 13.2. The highest BCUT2D eigenvalue weighted by atomic mass is 35.5. The predicted molar refractivity (Wildman–Crippen MR) is 138 cm³/mol. The van der Waals surface area contributed by atoms with E-state index in [1.165, 1.54) is 11.8 Å². The fourth-order valence-electron chi connectivity index (χ4n) is 3.16. The third-order valence-electron chi connectivity index (χ3n) is 4.94. The van der Waals surface area contributed by atoms with Crippen molar-refractivity contribution in [3.8, 4) is 6.07 Å². The van der Waals surface area contributed by atoms with E-state index in [1.807, 2.05) is 49.4 Å². The molecule has 2 aliphatic heterocycles. The second kappa shape index (κ2) is 11.8. The summed E-state index contributed by atoms with van der Waals surface area (Å²) in [4.78, 5) is 0.992. The molecular weight excluding hydrogens is 497 g/mol. The van der Waals surface area contributed by atoms with Gasteiger partial charge in [-0.3, -0.25) is 0 Å². The third kappa shape index (κ3) is 6.91. The molecule has 1 saturated heterocycles. The first-order chi connectivity index (χ1) is 15.8. The summed E-state index contributed by atoms with van der Waals surface area (Å²) in [7, 11) is -3.26. The summed E-state index contributed by atoms with van der Waals surface area (Å²) < 4.78 is 26.1. The average molecular weight is 521 g/mol. The quantitative estimate of drug-likeness (QED) is 0.454. The largest absolute Gasteiger partial charge is 0.381 e. The first-order valence-electron chi connectivity index (χ1n) is 10.3. The number of anilines is 1. The summed E-state index contributed by atoms with van der Waals surface area (Å²) >= 11 is 13.3. The van der Waals surface area contributed by atoms with Crippen LogP contribution in [0, 0.1) is 11.3 Å². The minimum atomic E-state index is -3.26. The number of halogens is 2. The van der Waals surface area contributed by atoms with Crippen LogP contribution >= 0.6 is 35.0 Å². The molecule has 2 aromatic carbocycles. The van der Waals surface area contributed by atoms with Crippen LogP contribution < -0.4 is 5.32 Å². The van der Waals surface area contributed by atoms with Crippen LogP contribution in [0.5, 0.6) is 0 Å². The van der Waals surface area contributed by atoms with Gasteiger partial charge < -0.3 is 5.32 Å². The lowest BCUT2D eigenvalue weighted by Crippen LogP contribution is -2.28. The van der Waals surface area contributed by atoms with Gasteiger partial charge in [0.2, 0.25) is 0 Å². The molecule has 4 rings (SSSR count). The Morgan fingerprint density at radius 3 is 2.52 bits per heavy atom. The molecule has 0 bridgehead atoms. The van der Waals surface area contributed by atoms with E-state index in [2.05, 4.69) is 11.0 Å². The van der Waals surface area contributed by atoms with Crippen LogP contribution in [0.25, 0.3) is 0 Å². The zero-order valence-corrected chi connectivity index (χ0v) is 21.2. The molecule has 2 heterocycles. The molecule has 0 amide bonds. The lowest BCUT2D eigenvalue weighted by molar-refractivity contribution is 0.485. The molecule has 0 atom stereocenters. The number of nitriles is 1. The van der Waals surface area contributed by atoms with Crippen molar-refractivity contribution in [2.45, 2.75) is 26.3 Å². The standard InChI is InChI=1S/C14H10Cl2N2.C10H13NO2S2/c15-13-4-2-1-3-11(13)9-18-12-6-5-10(8-17)14(16)7-12;1-9-5-4-6-10(14-9)15(12,13)11-7-2-3-8-11/h1-7,18H,9H2;4-5H,2-3,7-8H2,1H3. The number of rotatable bonds is 5. The number of hydrogen-bond acceptors (Lipinski definition) is 5. The molecule has 0 saturated carbocycles. The van der Waals surface area contributed by atoms with E-state index >= 15 is 0 Å². The van der Waals surface area contributed by atoms with E-state index < -0.39 is 10.0 Å². The summed E-state index contributed by atoms with van der Waals surface area (Å²) in [6, 6.07) is 14.9. The molecule has 1 fully saturated rings. The van der Waals surface area contributed by atoms with E-state index in [1.54, 1.807) is 22.5 Å². The Morgan fingerprint density at radius 1 is 1.15 bits per heavy atom. The van der Waals surface area contributed by atoms with Crippen LogP contribution in [0.1, 0.15) is 30.9 Å². The van der Waals surface area contributed by atoms with Crippen molar-refractivity contribution in [1.82, 2.24) is 4.31 Å². The number of sulfonamides is 1. The second-order valence-corrected chi connectivity index (χ2v) is 11.5. The molecule has 0 unspecified atom stereocenters. The van der Waals surface area contributed by atoms with Gasteiger partial charge in [-0.15, -0.1) is 0 Å². The topological polar surface area (TPSA) is 73.2 Å². The molecule has 0 radical (unpaired) electrons. The van der Waals surface area contributed by atoms with Gasteiger partial charge in [0, 0.05) is 30.3 Å². The Kier molecular flexibility index (Phi) is 9.10. The Bertz CT molecular complexity index is 1250. The van der Waals surface area contributed by atoms with E-state index in [0.717, 1.165) is 34.0 Å². The van der Waals surface area contributed by atoms with Gasteiger partial charge in [0.15, 0.2) is 4.24 Å². The summed E-state index contributed by atoms with van der Waals surface area (Å²) in [6.07, 6.45) is 5.48. The van der Waals surface area contributed by atoms with Crippen molar-refractivity contribution in [2.24, 2.45) is 0 Å². The molecule has 172 valence electrons. The Labute approximate surface area is 209 Å². The van der Waals surface area contributed by atoms with Crippen LogP contribution in [0.15, 0.2) is 69.5 Å². The Balaban J connectivity index is 0.000000189. The third-order valence-corrected chi connectivity index (χ3v) is 8.90. The average Bonchev–Trinajstić information content (AvgIpc) is 3.35. The Morgan fingerprint density at radius 2 is 1.88 bits per heavy atom. The van der Waals surface area contributed by atoms with E-state index in [4.69, 9.17) is 28.5 Å². The van der Waals surface area contributed by atoms with Crippen molar-refractivity contribution in [1.29, 1.82) is 5.26 Å². The molecule has 2 aromatic rings. The zero-order chi connectivity index (χ0) is 23.8. The smallest absolute Gasteiger partial charge is 0.256 e. The summed E-state index contributed by atoms with van der Waals surface area (Å²) in [6.45, 7) is 3.82. The number of thioether (sulfide) groups is 1. The van der Waals surface area contributed by atoms with Gasteiger partial charge in [-0.25, -0.2) is 8.42 Å². The van der Waals surface area contributed by atoms with Gasteiger partial charge in [0.25, 0.3) is 10.0 Å². The van der Waals surface area contributed by atoms with Crippen molar-refractivity contribution < 1.29 is 8.42 Å². The van der Waals surface area contributed by atoms with Crippen molar-refractivity contribution in [3.05, 3.63) is 90.7 Å². The fourth-order valence-corrected chi connectivity index (χ4v) is 6.47. The van der Waals surface area contributed by atoms with Crippen LogP contribution in [0.4, 0.5) is 5.69 Å². The lowest BCUT2D eigenvalue weighted by Gasteiger charge is -2.17. The van der Waals surface area contributed by atoms with E-state index in [0.29, 0.717) is 34.5 Å². The van der Waals surface area contributed by atoms with E-state index in [9.17, 15) is 8.42 Å². The van der Waals surface area contributed by atoms with E-state index in [-0.39, 0.29) is 0 Å².